The molecule has 0 radical (unpaired) electrons. The number of aryl methyl sites for hydroxylation is 2. The number of carbonyl (C=O) groups excluding carboxylic acids is 1. The minimum Gasteiger partial charge on any atom is -0.382 e. The van der Waals surface area contributed by atoms with E-state index >= 15 is 0 Å². The number of anilines is 2. The molecule has 0 saturated carbocycles. The first-order valence-electron chi connectivity index (χ1n) is 7.98. The Morgan fingerprint density at radius 2 is 2.00 bits per heavy atom. The van der Waals surface area contributed by atoms with Crippen LogP contribution < -0.4 is 22.5 Å². The Hall–Kier alpha value is -2.94. The topological polar surface area (TPSA) is 158 Å². The fourth-order valence-electron chi connectivity index (χ4n) is 2.11. The number of nitrogens with two attached hydrogens (primary N) is 3. The molecule has 0 aliphatic carbocycles. The third kappa shape index (κ3) is 5.55. The average molecular weight is 377 g/mol. The lowest BCUT2D eigenvalue weighted by atomic mass is 10.1. The van der Waals surface area contributed by atoms with E-state index in [2.05, 4.69) is 31.3 Å². The number of nitrogen functional groups attached to an aromatic ring is 2. The first-order valence-corrected chi connectivity index (χ1v) is 8.36. The molecule has 26 heavy (non-hydrogen) atoms. The van der Waals surface area contributed by atoms with Gasteiger partial charge in [-0.25, -0.2) is 9.97 Å². The lowest BCUT2D eigenvalue weighted by Crippen LogP contribution is -2.38. The summed E-state index contributed by atoms with van der Waals surface area (Å²) < 4.78 is 0. The molecule has 2 heterocycles. The fraction of sp³-hybridized carbons (Fsp3) is 0.312. The van der Waals surface area contributed by atoms with Gasteiger partial charge in [0.1, 0.15) is 0 Å². The average Bonchev–Trinajstić information content (AvgIpc) is 2.59. The summed E-state index contributed by atoms with van der Waals surface area (Å²) in [5.74, 6) is -0.861. The van der Waals surface area contributed by atoms with Gasteiger partial charge in [0.25, 0.3) is 5.91 Å². The molecule has 0 saturated heterocycles. The van der Waals surface area contributed by atoms with Crippen LogP contribution in [0.5, 0.6) is 0 Å². The summed E-state index contributed by atoms with van der Waals surface area (Å²) in [6, 6.07) is 4.04. The Bertz CT molecular complexity index is 807. The second kappa shape index (κ2) is 8.95. The first kappa shape index (κ1) is 19.4. The lowest BCUT2D eigenvalue weighted by molar-refractivity contribution is 0.0972. The van der Waals surface area contributed by atoms with Crippen LogP contribution in [-0.4, -0.2) is 33.4 Å². The third-order valence-electron chi connectivity index (χ3n) is 3.49. The number of halogens is 1. The molecule has 2 aromatic rings. The molecule has 10 heteroatoms. The summed E-state index contributed by atoms with van der Waals surface area (Å²) in [6.45, 7) is 2.43. The predicted molar refractivity (Wildman–Crippen MR) is 102 cm³/mol. The highest BCUT2D eigenvalue weighted by atomic mass is 35.5. The van der Waals surface area contributed by atoms with E-state index in [4.69, 9.17) is 28.8 Å². The van der Waals surface area contributed by atoms with E-state index < -0.39 is 5.91 Å². The number of rotatable bonds is 6. The second-order valence-corrected chi connectivity index (χ2v) is 5.98. The third-order valence-corrected chi connectivity index (χ3v) is 3.77. The van der Waals surface area contributed by atoms with Crippen molar-refractivity contribution in [1.29, 1.82) is 0 Å². The molecule has 7 N–H and O–H groups in total. The summed E-state index contributed by atoms with van der Waals surface area (Å²) >= 11 is 5.74. The summed E-state index contributed by atoms with van der Waals surface area (Å²) in [7, 11) is 0. The van der Waals surface area contributed by atoms with Crippen LogP contribution in [0.15, 0.2) is 23.3 Å². The van der Waals surface area contributed by atoms with Crippen molar-refractivity contribution in [1.82, 2.24) is 20.3 Å². The SMILES string of the molecule is Cc1ccc(CCCCN=C(N)NC(=O)c2nc(Cl)c(N)nc2N)cn1. The van der Waals surface area contributed by atoms with Crippen molar-refractivity contribution in [2.24, 2.45) is 10.7 Å². The Balaban J connectivity index is 1.79. The predicted octanol–water partition coefficient (Wildman–Crippen LogP) is 1.07. The normalized spacial score (nSPS) is 11.4. The number of unbranched alkanes of at least 4 members (excludes halogenated alkanes) is 1. The maximum Gasteiger partial charge on any atom is 0.280 e. The summed E-state index contributed by atoms with van der Waals surface area (Å²) in [5.41, 5.74) is 18.8. The van der Waals surface area contributed by atoms with Crippen molar-refractivity contribution < 1.29 is 4.79 Å². The Morgan fingerprint density at radius 1 is 1.23 bits per heavy atom. The van der Waals surface area contributed by atoms with Crippen molar-refractivity contribution in [3.63, 3.8) is 0 Å². The van der Waals surface area contributed by atoms with Gasteiger partial charge in [0.15, 0.2) is 28.4 Å². The number of carbonyl (C=O) groups is 1. The van der Waals surface area contributed by atoms with Crippen LogP contribution in [-0.2, 0) is 6.42 Å². The van der Waals surface area contributed by atoms with Crippen molar-refractivity contribution in [3.8, 4) is 0 Å². The van der Waals surface area contributed by atoms with Gasteiger partial charge < -0.3 is 17.2 Å². The molecule has 1 amide bonds. The highest BCUT2D eigenvalue weighted by Gasteiger charge is 2.16. The lowest BCUT2D eigenvalue weighted by Gasteiger charge is -2.07. The molecule has 9 nitrogen and oxygen atoms in total. The molecule has 138 valence electrons. The highest BCUT2D eigenvalue weighted by Crippen LogP contribution is 2.17. The van der Waals surface area contributed by atoms with E-state index in [0.29, 0.717) is 6.54 Å². The number of pyridine rings is 1. The van der Waals surface area contributed by atoms with Gasteiger partial charge in [-0.3, -0.25) is 20.1 Å². The summed E-state index contributed by atoms with van der Waals surface area (Å²) in [4.78, 5) is 28.0. The van der Waals surface area contributed by atoms with Crippen molar-refractivity contribution in [2.75, 3.05) is 18.0 Å². The van der Waals surface area contributed by atoms with Gasteiger partial charge in [-0.2, -0.15) is 0 Å². The van der Waals surface area contributed by atoms with E-state index in [-0.39, 0.29) is 28.4 Å². The zero-order valence-electron chi connectivity index (χ0n) is 14.4. The maximum absolute atomic E-state index is 12.1. The summed E-state index contributed by atoms with van der Waals surface area (Å²) in [5, 5.41) is 2.29. The maximum atomic E-state index is 12.1. The number of amides is 1. The molecule has 2 aromatic heterocycles. The van der Waals surface area contributed by atoms with Gasteiger partial charge in [0.05, 0.1) is 0 Å². The Morgan fingerprint density at radius 3 is 2.69 bits per heavy atom. The molecule has 0 unspecified atom stereocenters. The number of nitrogens with one attached hydrogen (secondary N) is 1. The van der Waals surface area contributed by atoms with Gasteiger partial charge in [-0.1, -0.05) is 17.7 Å². The number of nitrogens with zero attached hydrogens (tertiary/aromatic N) is 4. The van der Waals surface area contributed by atoms with Crippen LogP contribution in [0.3, 0.4) is 0 Å². The first-order chi connectivity index (χ1) is 12.4. The number of guanidine groups is 1. The van der Waals surface area contributed by atoms with Gasteiger partial charge in [0, 0.05) is 18.4 Å². The van der Waals surface area contributed by atoms with Gasteiger partial charge in [0.2, 0.25) is 0 Å². The summed E-state index contributed by atoms with van der Waals surface area (Å²) in [6.07, 6.45) is 4.53. The number of aliphatic imine (C=N–C) groups is 1. The highest BCUT2D eigenvalue weighted by molar-refractivity contribution is 6.31. The standard InChI is InChI=1S/C16H21ClN8O/c1-9-5-6-10(8-22-9)4-2-3-7-21-16(20)25-15(26)11-13(18)24-14(19)12(17)23-11/h5-6,8H,2-4,7H2,1H3,(H4,18,19,24)(H3,20,21,25,26). The van der Waals surface area contributed by atoms with Crippen molar-refractivity contribution in [2.45, 2.75) is 26.2 Å². The quantitative estimate of drug-likeness (QED) is 0.333. The fourth-order valence-corrected chi connectivity index (χ4v) is 2.24. The largest absolute Gasteiger partial charge is 0.382 e. The smallest absolute Gasteiger partial charge is 0.280 e. The Labute approximate surface area is 156 Å². The monoisotopic (exact) mass is 376 g/mol. The molecule has 0 atom stereocenters. The van der Waals surface area contributed by atoms with Crippen LogP contribution in [0.1, 0.15) is 34.6 Å². The van der Waals surface area contributed by atoms with Crippen molar-refractivity contribution in [3.05, 3.63) is 40.4 Å². The van der Waals surface area contributed by atoms with Gasteiger partial charge in [-0.05, 0) is 37.8 Å². The zero-order chi connectivity index (χ0) is 19.1. The molecule has 0 aliphatic heterocycles. The second-order valence-electron chi connectivity index (χ2n) is 5.62. The number of hydrogen-bond acceptors (Lipinski definition) is 7. The molecule has 0 aromatic carbocycles. The molecule has 0 bridgehead atoms. The van der Waals surface area contributed by atoms with Crippen LogP contribution in [0, 0.1) is 6.92 Å². The van der Waals surface area contributed by atoms with Crippen LogP contribution in [0.25, 0.3) is 0 Å². The van der Waals surface area contributed by atoms with Crippen molar-refractivity contribution >= 4 is 35.1 Å². The van der Waals surface area contributed by atoms with Crippen LogP contribution >= 0.6 is 11.6 Å². The van der Waals surface area contributed by atoms with Crippen LogP contribution in [0.4, 0.5) is 11.6 Å². The Kier molecular flexibility index (Phi) is 6.67. The molecule has 0 fully saturated rings. The van der Waals surface area contributed by atoms with E-state index in [1.54, 1.807) is 0 Å². The van der Waals surface area contributed by atoms with Gasteiger partial charge >= 0.3 is 0 Å². The number of hydrogen-bond donors (Lipinski definition) is 4. The van der Waals surface area contributed by atoms with E-state index in [9.17, 15) is 4.79 Å². The van der Waals surface area contributed by atoms with E-state index in [0.717, 1.165) is 25.0 Å². The molecular weight excluding hydrogens is 356 g/mol. The minimum absolute atomic E-state index is 0.0267. The minimum atomic E-state index is -0.649. The molecule has 0 spiro atoms. The van der Waals surface area contributed by atoms with Crippen LogP contribution in [0.2, 0.25) is 5.15 Å². The number of aromatic nitrogens is 3. The molecule has 2 rings (SSSR count). The molecule has 0 aliphatic rings. The van der Waals surface area contributed by atoms with E-state index in [1.165, 1.54) is 5.56 Å². The van der Waals surface area contributed by atoms with Gasteiger partial charge in [-0.15, -0.1) is 0 Å². The van der Waals surface area contributed by atoms with E-state index in [1.807, 2.05) is 19.2 Å². The molecular formula is C16H21ClN8O. The zero-order valence-corrected chi connectivity index (χ0v) is 15.1.